The molecule has 1 aromatic heterocycles. The molecule has 0 spiro atoms. The first-order valence-electron chi connectivity index (χ1n) is 10.2. The van der Waals surface area contributed by atoms with E-state index >= 15 is 0 Å². The van der Waals surface area contributed by atoms with Crippen molar-refractivity contribution in [1.82, 2.24) is 15.6 Å². The number of aliphatic hydroxyl groups excluding tert-OH is 1. The maximum absolute atomic E-state index is 12.6. The summed E-state index contributed by atoms with van der Waals surface area (Å²) in [6.45, 7) is -0.236. The van der Waals surface area contributed by atoms with Crippen molar-refractivity contribution in [2.75, 3.05) is 6.61 Å². The van der Waals surface area contributed by atoms with Gasteiger partial charge in [-0.15, -0.1) is 0 Å². The summed E-state index contributed by atoms with van der Waals surface area (Å²) in [6.07, 6.45) is 4.11. The molecule has 0 saturated heterocycles. The van der Waals surface area contributed by atoms with E-state index in [-0.39, 0.29) is 37.1 Å². The summed E-state index contributed by atoms with van der Waals surface area (Å²) in [5.74, 6) is 0.864. The van der Waals surface area contributed by atoms with Crippen LogP contribution < -0.4 is 15.4 Å². The van der Waals surface area contributed by atoms with Crippen molar-refractivity contribution in [1.29, 1.82) is 0 Å². The smallest absolute Gasteiger partial charge is 0.270 e. The van der Waals surface area contributed by atoms with Crippen molar-refractivity contribution in [3.05, 3.63) is 57.8 Å². The molecule has 7 nitrogen and oxygen atoms in total. The average molecular weight is 464 g/mol. The lowest BCUT2D eigenvalue weighted by Gasteiger charge is -2.51. The van der Waals surface area contributed by atoms with Gasteiger partial charge in [0.25, 0.3) is 11.8 Å². The van der Waals surface area contributed by atoms with Gasteiger partial charge in [-0.3, -0.25) is 14.6 Å². The third kappa shape index (κ3) is 5.11. The number of pyridine rings is 1. The molecule has 0 radical (unpaired) electrons. The van der Waals surface area contributed by atoms with Crippen LogP contribution in [0.1, 0.15) is 35.3 Å². The normalized spacial score (nSPS) is 24.1. The molecule has 2 aromatic rings. The van der Waals surface area contributed by atoms with Crippen LogP contribution in [0.15, 0.2) is 36.5 Å². The maximum Gasteiger partial charge on any atom is 0.270 e. The van der Waals surface area contributed by atoms with E-state index in [0.717, 1.165) is 12.8 Å². The highest BCUT2D eigenvalue weighted by atomic mass is 35.5. The lowest BCUT2D eigenvalue weighted by Crippen LogP contribution is -2.60. The molecule has 1 aromatic carbocycles. The van der Waals surface area contributed by atoms with Crippen LogP contribution >= 0.6 is 23.2 Å². The van der Waals surface area contributed by atoms with Crippen LogP contribution in [0.4, 0.5) is 0 Å². The summed E-state index contributed by atoms with van der Waals surface area (Å²) in [6, 6.07) is 8.10. The molecule has 3 aliphatic carbocycles. The van der Waals surface area contributed by atoms with E-state index < -0.39 is 0 Å². The number of nitrogens with zero attached hydrogens (tertiary/aromatic N) is 1. The molecule has 3 saturated carbocycles. The Morgan fingerprint density at radius 2 is 1.77 bits per heavy atom. The van der Waals surface area contributed by atoms with Crippen LogP contribution in [0.25, 0.3) is 0 Å². The molecule has 1 heterocycles. The third-order valence-electron chi connectivity index (χ3n) is 6.02. The minimum absolute atomic E-state index is 0.00932. The Morgan fingerprint density at radius 1 is 1.03 bits per heavy atom. The van der Waals surface area contributed by atoms with E-state index in [9.17, 15) is 9.59 Å². The van der Waals surface area contributed by atoms with E-state index in [0.29, 0.717) is 45.3 Å². The highest BCUT2D eigenvalue weighted by Crippen LogP contribution is 2.45. The number of benzene rings is 1. The predicted molar refractivity (Wildman–Crippen MR) is 116 cm³/mol. The molecule has 31 heavy (non-hydrogen) atoms. The molecule has 2 amide bonds. The molecule has 164 valence electrons. The number of fused-ring (bicyclic) bond motifs is 2. The third-order valence-corrected chi connectivity index (χ3v) is 6.76. The molecule has 2 unspecified atom stereocenters. The number of carbonyl (C=O) groups is 2. The molecule has 5 rings (SSSR count). The van der Waals surface area contributed by atoms with Gasteiger partial charge in [0.15, 0.2) is 6.61 Å². The number of halogens is 2. The van der Waals surface area contributed by atoms with Gasteiger partial charge in [-0.05, 0) is 54.9 Å². The maximum atomic E-state index is 12.6. The highest BCUT2D eigenvalue weighted by Gasteiger charge is 2.47. The number of carbonyl (C=O) groups excluding carboxylic acids is 2. The Bertz CT molecular complexity index is 964. The summed E-state index contributed by atoms with van der Waals surface area (Å²) in [5.41, 5.74) is 0.969. The van der Waals surface area contributed by atoms with Crippen LogP contribution in [0, 0.1) is 11.8 Å². The Labute approximate surface area is 190 Å². The second-order valence-corrected chi connectivity index (χ2v) is 8.87. The zero-order valence-corrected chi connectivity index (χ0v) is 18.2. The fourth-order valence-electron chi connectivity index (χ4n) is 4.24. The van der Waals surface area contributed by atoms with E-state index in [4.69, 9.17) is 33.0 Å². The van der Waals surface area contributed by atoms with Crippen LogP contribution in [-0.2, 0) is 11.4 Å². The van der Waals surface area contributed by atoms with Crippen molar-refractivity contribution in [2.24, 2.45) is 11.8 Å². The Kier molecular flexibility index (Phi) is 6.65. The second-order valence-electron chi connectivity index (χ2n) is 8.06. The predicted octanol–water partition coefficient (Wildman–Crippen LogP) is 2.97. The van der Waals surface area contributed by atoms with Crippen LogP contribution in [-0.4, -0.2) is 40.6 Å². The Balaban J connectivity index is 1.29. The van der Waals surface area contributed by atoms with Gasteiger partial charge in [0.2, 0.25) is 0 Å². The van der Waals surface area contributed by atoms with E-state index in [1.165, 1.54) is 6.20 Å². The van der Waals surface area contributed by atoms with E-state index in [2.05, 4.69) is 15.6 Å². The summed E-state index contributed by atoms with van der Waals surface area (Å²) in [4.78, 5) is 29.1. The van der Waals surface area contributed by atoms with Crippen molar-refractivity contribution in [3.63, 3.8) is 0 Å². The summed E-state index contributed by atoms with van der Waals surface area (Å²) in [7, 11) is 0. The van der Waals surface area contributed by atoms with Gasteiger partial charge in [-0.1, -0.05) is 29.3 Å². The Morgan fingerprint density at radius 3 is 2.42 bits per heavy atom. The van der Waals surface area contributed by atoms with Crippen LogP contribution in [0.5, 0.6) is 5.75 Å². The zero-order valence-electron chi connectivity index (χ0n) is 16.7. The van der Waals surface area contributed by atoms with Crippen molar-refractivity contribution in [3.8, 4) is 5.75 Å². The molecule has 2 bridgehead atoms. The van der Waals surface area contributed by atoms with Gasteiger partial charge in [-0.2, -0.15) is 0 Å². The molecule has 2 atom stereocenters. The second kappa shape index (κ2) is 9.42. The van der Waals surface area contributed by atoms with Gasteiger partial charge in [0, 0.05) is 24.3 Å². The molecule has 9 heteroatoms. The number of nitrogens with one attached hydrogen (secondary N) is 2. The van der Waals surface area contributed by atoms with Gasteiger partial charge in [0.05, 0.1) is 16.7 Å². The van der Waals surface area contributed by atoms with E-state index in [1.54, 1.807) is 30.3 Å². The van der Waals surface area contributed by atoms with Crippen molar-refractivity contribution < 1.29 is 19.4 Å². The molecule has 3 fully saturated rings. The Hall–Kier alpha value is -2.35. The number of amides is 2. The van der Waals surface area contributed by atoms with Gasteiger partial charge < -0.3 is 20.5 Å². The first kappa shape index (κ1) is 21.9. The standard InChI is InChI=1S/C22H23Cl2N3O4/c23-16-3-2-15(7-17(16)24)31-11-21(29)26-19-8-20(14-5-13(19)6-14)27-22(30)18-4-1-12(10-28)9-25-18/h1-4,7,9,13-14,19-20,28H,5-6,8,10-11H2,(H,26,29)(H,27,30). The number of hydrogen-bond donors (Lipinski definition) is 3. The molecular weight excluding hydrogens is 441 g/mol. The molecular formula is C22H23Cl2N3O4. The highest BCUT2D eigenvalue weighted by molar-refractivity contribution is 6.42. The average Bonchev–Trinajstić information content (AvgIpc) is 2.73. The fourth-order valence-corrected chi connectivity index (χ4v) is 4.52. The van der Waals surface area contributed by atoms with Crippen LogP contribution in [0.2, 0.25) is 10.0 Å². The van der Waals surface area contributed by atoms with Crippen molar-refractivity contribution >= 4 is 35.0 Å². The minimum atomic E-state index is -0.243. The minimum Gasteiger partial charge on any atom is -0.484 e. The van der Waals surface area contributed by atoms with Crippen LogP contribution in [0.3, 0.4) is 0 Å². The number of rotatable bonds is 7. The summed E-state index contributed by atoms with van der Waals surface area (Å²) >= 11 is 11.8. The monoisotopic (exact) mass is 463 g/mol. The first-order valence-corrected chi connectivity index (χ1v) is 10.9. The molecule has 3 N–H and O–H groups in total. The molecule has 0 aliphatic heterocycles. The number of aromatic nitrogens is 1. The molecule has 3 aliphatic rings. The summed E-state index contributed by atoms with van der Waals surface area (Å²) < 4.78 is 5.51. The quantitative estimate of drug-likeness (QED) is 0.585. The van der Waals surface area contributed by atoms with Gasteiger partial charge in [-0.25, -0.2) is 0 Å². The SMILES string of the molecule is O=C(COc1ccc(Cl)c(Cl)c1)NC1CC(NC(=O)c2ccc(CO)cn2)C2CC1C2. The number of ether oxygens (including phenoxy) is 1. The van der Waals surface area contributed by atoms with Gasteiger partial charge in [0.1, 0.15) is 11.4 Å². The largest absolute Gasteiger partial charge is 0.484 e. The first-order chi connectivity index (χ1) is 14.9. The number of aliphatic hydroxyl groups is 1. The van der Waals surface area contributed by atoms with Crippen molar-refractivity contribution in [2.45, 2.75) is 38.0 Å². The lowest BCUT2D eigenvalue weighted by atomic mass is 9.60. The van der Waals surface area contributed by atoms with E-state index in [1.807, 2.05) is 0 Å². The topological polar surface area (TPSA) is 101 Å². The summed E-state index contributed by atoms with van der Waals surface area (Å²) in [5, 5.41) is 16.0. The zero-order chi connectivity index (χ0) is 22.0. The lowest BCUT2D eigenvalue weighted by molar-refractivity contribution is -0.125. The fraction of sp³-hybridized carbons (Fsp3) is 0.409. The number of hydrogen-bond acceptors (Lipinski definition) is 5. The van der Waals surface area contributed by atoms with Gasteiger partial charge >= 0.3 is 0 Å².